The van der Waals surface area contributed by atoms with E-state index in [9.17, 15) is 0 Å². The summed E-state index contributed by atoms with van der Waals surface area (Å²) in [6.45, 7) is 3.66. The van der Waals surface area contributed by atoms with Crippen LogP contribution in [-0.4, -0.2) is 23.3 Å². The second-order valence-corrected chi connectivity index (χ2v) is 5.03. The Balaban J connectivity index is 2.31. The molecule has 2 N–H and O–H groups in total. The van der Waals surface area contributed by atoms with Crippen LogP contribution in [-0.2, 0) is 11.3 Å². The molecule has 19 heavy (non-hydrogen) atoms. The van der Waals surface area contributed by atoms with Gasteiger partial charge in [-0.1, -0.05) is 11.6 Å². The van der Waals surface area contributed by atoms with Gasteiger partial charge in [-0.2, -0.15) is 0 Å². The second kappa shape index (κ2) is 6.37. The molecule has 0 bridgehead atoms. The molecule has 2 rings (SSSR count). The van der Waals surface area contributed by atoms with Crippen molar-refractivity contribution in [2.45, 2.75) is 32.4 Å². The Morgan fingerprint density at radius 2 is 2.26 bits per heavy atom. The maximum atomic E-state index is 6.24. The van der Waals surface area contributed by atoms with Crippen LogP contribution in [0.5, 0.6) is 0 Å². The number of aromatic nitrogens is 2. The van der Waals surface area contributed by atoms with Crippen LogP contribution in [0.3, 0.4) is 0 Å². The van der Waals surface area contributed by atoms with Crippen molar-refractivity contribution in [3.05, 3.63) is 29.0 Å². The van der Waals surface area contributed by atoms with Crippen LogP contribution in [0.1, 0.15) is 31.6 Å². The van der Waals surface area contributed by atoms with Gasteiger partial charge in [-0.05, 0) is 38.0 Å². The lowest BCUT2D eigenvalue weighted by molar-refractivity contribution is 0.190. The number of methoxy groups -OCH3 is 1. The fourth-order valence-electron chi connectivity index (χ4n) is 2.31. The molecular formula is C14H20ClN3O. The lowest BCUT2D eigenvalue weighted by Crippen LogP contribution is -2.17. The first-order valence-electron chi connectivity index (χ1n) is 6.57. The highest BCUT2D eigenvalue weighted by Gasteiger charge is 2.16. The number of fused-ring (bicyclic) bond motifs is 1. The zero-order valence-corrected chi connectivity index (χ0v) is 12.2. The van der Waals surface area contributed by atoms with Gasteiger partial charge in [-0.25, -0.2) is 4.98 Å². The number of nitrogens with two attached hydrogens (primary N) is 1. The van der Waals surface area contributed by atoms with Crippen LogP contribution in [0, 0.1) is 0 Å². The molecule has 1 aromatic carbocycles. The average Bonchev–Trinajstić information content (AvgIpc) is 2.76. The third-order valence-corrected chi connectivity index (χ3v) is 3.49. The number of nitrogens with zero attached hydrogens (tertiary/aromatic N) is 2. The van der Waals surface area contributed by atoms with Gasteiger partial charge in [0.1, 0.15) is 5.82 Å². The lowest BCUT2D eigenvalue weighted by atomic mass is 10.1. The Morgan fingerprint density at radius 1 is 1.47 bits per heavy atom. The minimum Gasteiger partial charge on any atom is -0.385 e. The molecule has 1 heterocycles. The molecule has 0 aliphatic heterocycles. The predicted molar refractivity (Wildman–Crippen MR) is 78.5 cm³/mol. The monoisotopic (exact) mass is 281 g/mol. The van der Waals surface area contributed by atoms with Gasteiger partial charge in [0.2, 0.25) is 0 Å². The molecule has 0 radical (unpaired) electrons. The molecule has 1 unspecified atom stereocenters. The standard InChI is InChI=1S/C14H20ClN3O/c1-3-18-13-9-10(15)6-7-12(13)17-14(18)11(16)5-4-8-19-2/h6-7,9,11H,3-5,8,16H2,1-2H3. The van der Waals surface area contributed by atoms with E-state index < -0.39 is 0 Å². The highest BCUT2D eigenvalue weighted by atomic mass is 35.5. The SMILES string of the molecule is CCn1c(C(N)CCCOC)nc2ccc(Cl)cc21. The second-order valence-electron chi connectivity index (χ2n) is 4.59. The van der Waals surface area contributed by atoms with Crippen molar-refractivity contribution in [2.24, 2.45) is 5.73 Å². The number of imidazole rings is 1. The molecular weight excluding hydrogens is 262 g/mol. The summed E-state index contributed by atoms with van der Waals surface area (Å²) in [6.07, 6.45) is 1.80. The molecule has 0 fully saturated rings. The smallest absolute Gasteiger partial charge is 0.126 e. The molecule has 0 saturated heterocycles. The third kappa shape index (κ3) is 3.08. The molecule has 0 saturated carbocycles. The van der Waals surface area contributed by atoms with Gasteiger partial charge in [-0.3, -0.25) is 0 Å². The number of hydrogen-bond acceptors (Lipinski definition) is 3. The molecule has 0 spiro atoms. The zero-order valence-electron chi connectivity index (χ0n) is 11.4. The van der Waals surface area contributed by atoms with Gasteiger partial charge >= 0.3 is 0 Å². The van der Waals surface area contributed by atoms with Crippen molar-refractivity contribution in [1.29, 1.82) is 0 Å². The van der Waals surface area contributed by atoms with Crippen molar-refractivity contribution >= 4 is 22.6 Å². The number of aryl methyl sites for hydroxylation is 1. The largest absolute Gasteiger partial charge is 0.385 e. The normalized spacial score (nSPS) is 13.1. The number of ether oxygens (including phenoxy) is 1. The minimum absolute atomic E-state index is 0.0683. The number of rotatable bonds is 6. The van der Waals surface area contributed by atoms with Gasteiger partial charge in [0.15, 0.2) is 0 Å². The molecule has 0 amide bonds. The lowest BCUT2D eigenvalue weighted by Gasteiger charge is -2.13. The molecule has 0 aliphatic carbocycles. The quantitative estimate of drug-likeness (QED) is 0.828. The van der Waals surface area contributed by atoms with Crippen molar-refractivity contribution in [1.82, 2.24) is 9.55 Å². The van der Waals surface area contributed by atoms with E-state index in [4.69, 9.17) is 22.1 Å². The summed E-state index contributed by atoms with van der Waals surface area (Å²) in [6, 6.07) is 5.67. The topological polar surface area (TPSA) is 53.1 Å². The van der Waals surface area contributed by atoms with E-state index in [1.54, 1.807) is 7.11 Å². The third-order valence-electron chi connectivity index (χ3n) is 3.25. The summed E-state index contributed by atoms with van der Waals surface area (Å²) in [7, 11) is 1.70. The first-order chi connectivity index (χ1) is 9.17. The number of benzene rings is 1. The van der Waals surface area contributed by atoms with Gasteiger partial charge in [0, 0.05) is 25.3 Å². The van der Waals surface area contributed by atoms with E-state index in [-0.39, 0.29) is 6.04 Å². The Bertz CT molecular complexity index is 553. The summed E-state index contributed by atoms with van der Waals surface area (Å²) < 4.78 is 7.20. The van der Waals surface area contributed by atoms with Crippen molar-refractivity contribution in [3.8, 4) is 0 Å². The van der Waals surface area contributed by atoms with Gasteiger partial charge in [-0.15, -0.1) is 0 Å². The first kappa shape index (κ1) is 14.3. The fraction of sp³-hybridized carbons (Fsp3) is 0.500. The van der Waals surface area contributed by atoms with Crippen molar-refractivity contribution in [2.75, 3.05) is 13.7 Å². The van der Waals surface area contributed by atoms with E-state index in [0.29, 0.717) is 0 Å². The Morgan fingerprint density at radius 3 is 2.95 bits per heavy atom. The number of hydrogen-bond donors (Lipinski definition) is 1. The van der Waals surface area contributed by atoms with Crippen LogP contribution in [0.15, 0.2) is 18.2 Å². The summed E-state index contributed by atoms with van der Waals surface area (Å²) in [5.41, 5.74) is 8.24. The molecule has 0 aliphatic rings. The maximum Gasteiger partial charge on any atom is 0.126 e. The molecule has 1 aromatic heterocycles. The fourth-order valence-corrected chi connectivity index (χ4v) is 2.47. The first-order valence-corrected chi connectivity index (χ1v) is 6.95. The van der Waals surface area contributed by atoms with E-state index in [2.05, 4.69) is 16.5 Å². The summed E-state index contributed by atoms with van der Waals surface area (Å²) in [4.78, 5) is 4.64. The molecule has 104 valence electrons. The summed E-state index contributed by atoms with van der Waals surface area (Å²) in [5.74, 6) is 0.927. The molecule has 5 heteroatoms. The molecule has 4 nitrogen and oxygen atoms in total. The van der Waals surface area contributed by atoms with Crippen LogP contribution in [0.2, 0.25) is 5.02 Å². The van der Waals surface area contributed by atoms with Crippen LogP contribution in [0.25, 0.3) is 11.0 Å². The maximum absolute atomic E-state index is 6.24. The van der Waals surface area contributed by atoms with Crippen LogP contribution >= 0.6 is 11.6 Å². The Kier molecular flexibility index (Phi) is 4.80. The van der Waals surface area contributed by atoms with Gasteiger partial charge < -0.3 is 15.0 Å². The van der Waals surface area contributed by atoms with Gasteiger partial charge in [0.25, 0.3) is 0 Å². The highest BCUT2D eigenvalue weighted by molar-refractivity contribution is 6.31. The van der Waals surface area contributed by atoms with Gasteiger partial charge in [0.05, 0.1) is 17.1 Å². The zero-order chi connectivity index (χ0) is 13.8. The average molecular weight is 282 g/mol. The summed E-state index contributed by atoms with van der Waals surface area (Å²) in [5, 5.41) is 0.724. The van der Waals surface area contributed by atoms with E-state index in [1.807, 2.05) is 18.2 Å². The van der Waals surface area contributed by atoms with E-state index in [1.165, 1.54) is 0 Å². The summed E-state index contributed by atoms with van der Waals surface area (Å²) >= 11 is 6.05. The Hall–Kier alpha value is -1.10. The number of halogens is 1. The molecule has 1 atom stereocenters. The van der Waals surface area contributed by atoms with Crippen molar-refractivity contribution in [3.63, 3.8) is 0 Å². The van der Waals surface area contributed by atoms with Crippen LogP contribution in [0.4, 0.5) is 0 Å². The minimum atomic E-state index is -0.0683. The van der Waals surface area contributed by atoms with Crippen LogP contribution < -0.4 is 5.73 Å². The Labute approximate surface area is 118 Å². The molecule has 2 aromatic rings. The highest BCUT2D eigenvalue weighted by Crippen LogP contribution is 2.24. The van der Waals surface area contributed by atoms with E-state index >= 15 is 0 Å². The predicted octanol–water partition coefficient (Wildman–Crippen LogP) is 3.14. The van der Waals surface area contributed by atoms with Crippen molar-refractivity contribution < 1.29 is 4.74 Å². The van der Waals surface area contributed by atoms with E-state index in [0.717, 1.165) is 47.9 Å².